The molecule has 0 aromatic rings. The average Bonchev–Trinajstić information content (AvgIpc) is 2.78. The molecule has 0 aromatic carbocycles. The first-order chi connectivity index (χ1) is 15.2. The molecule has 31 heavy (non-hydrogen) atoms. The Morgan fingerprint density at radius 3 is 1.55 bits per heavy atom. The third-order valence-electron chi connectivity index (χ3n) is 6.43. The molecule has 0 amide bonds. The van der Waals surface area contributed by atoms with Crippen LogP contribution in [0.3, 0.4) is 0 Å². The summed E-state index contributed by atoms with van der Waals surface area (Å²) in [6.45, 7) is 5.20. The molecule has 0 heterocycles. The number of hydrogen-bond donors (Lipinski definition) is 0. The lowest BCUT2D eigenvalue weighted by atomic mass is 9.95. The zero-order chi connectivity index (χ0) is 22.8. The van der Waals surface area contributed by atoms with Crippen LogP contribution in [0.4, 0.5) is 0 Å². The second-order valence-corrected chi connectivity index (χ2v) is 10.4. The zero-order valence-corrected chi connectivity index (χ0v) is 22.8. The number of ether oxygens (including phenoxy) is 1. The van der Waals surface area contributed by atoms with Crippen LogP contribution < -0.4 is 0 Å². The Morgan fingerprint density at radius 1 is 0.613 bits per heavy atom. The van der Waals surface area contributed by atoms with Crippen LogP contribution in [0.25, 0.3) is 0 Å². The number of rotatable bonds is 25. The van der Waals surface area contributed by atoms with E-state index in [9.17, 15) is 4.79 Å². The van der Waals surface area contributed by atoms with E-state index in [1.54, 1.807) is 0 Å². The second-order valence-electron chi connectivity index (χ2n) is 9.58. The number of carbonyl (C=O) groups is 1. The van der Waals surface area contributed by atoms with Gasteiger partial charge in [-0.2, -0.15) is 0 Å². The molecule has 0 bridgehead atoms. The second kappa shape index (κ2) is 26.2. The first-order valence-corrected chi connectivity index (χ1v) is 15.1. The van der Waals surface area contributed by atoms with Crippen LogP contribution in [0, 0.1) is 5.92 Å². The van der Waals surface area contributed by atoms with Gasteiger partial charge in [0.1, 0.15) is 0 Å². The predicted octanol–water partition coefficient (Wildman–Crippen LogP) is 10.2. The average molecular weight is 504 g/mol. The van der Waals surface area contributed by atoms with Crippen molar-refractivity contribution in [3.63, 3.8) is 0 Å². The maximum atomic E-state index is 12.2. The van der Waals surface area contributed by atoms with Gasteiger partial charge in [-0.1, -0.05) is 139 Å². The molecule has 1 atom stereocenters. The molecule has 0 aliphatic heterocycles. The monoisotopic (exact) mass is 502 g/mol. The fourth-order valence-corrected chi connectivity index (χ4v) is 4.66. The van der Waals surface area contributed by atoms with Crippen LogP contribution in [0.2, 0.25) is 0 Å². The van der Waals surface area contributed by atoms with Crippen molar-refractivity contribution in [1.29, 1.82) is 0 Å². The van der Waals surface area contributed by atoms with E-state index in [4.69, 9.17) is 4.74 Å². The Bertz CT molecular complexity index is 359. The molecule has 0 rings (SSSR count). The van der Waals surface area contributed by atoms with Crippen LogP contribution in [0.5, 0.6) is 0 Å². The van der Waals surface area contributed by atoms with E-state index >= 15 is 0 Å². The standard InChI is InChI=1S/C28H55BrO2/c1-3-5-7-9-15-19-23-27(22-18-8-6-4-2)26-31-28(30)24-20-16-13-11-10-12-14-17-21-25-29/h27H,3-26H2,1-2H3. The minimum absolute atomic E-state index is 0.0382. The Hall–Kier alpha value is -0.0500. The van der Waals surface area contributed by atoms with Gasteiger partial charge >= 0.3 is 5.97 Å². The molecule has 2 nitrogen and oxygen atoms in total. The summed E-state index contributed by atoms with van der Waals surface area (Å²) in [5, 5.41) is 1.14. The zero-order valence-electron chi connectivity index (χ0n) is 21.2. The van der Waals surface area contributed by atoms with E-state index in [-0.39, 0.29) is 5.97 Å². The first-order valence-electron chi connectivity index (χ1n) is 14.0. The van der Waals surface area contributed by atoms with Gasteiger partial charge in [-0.05, 0) is 31.6 Å². The SMILES string of the molecule is CCCCCCCCC(CCCCCC)COC(=O)CCCCCCCCCCCBr. The molecule has 0 aromatic heterocycles. The highest BCUT2D eigenvalue weighted by Gasteiger charge is 2.12. The largest absolute Gasteiger partial charge is 0.465 e. The topological polar surface area (TPSA) is 26.3 Å². The maximum absolute atomic E-state index is 12.2. The van der Waals surface area contributed by atoms with E-state index in [0.29, 0.717) is 18.9 Å². The van der Waals surface area contributed by atoms with Gasteiger partial charge < -0.3 is 4.74 Å². The van der Waals surface area contributed by atoms with Crippen molar-refractivity contribution in [2.24, 2.45) is 5.92 Å². The molecular formula is C28H55BrO2. The van der Waals surface area contributed by atoms with Gasteiger partial charge in [0.05, 0.1) is 6.61 Å². The Morgan fingerprint density at radius 2 is 1.03 bits per heavy atom. The molecule has 0 fully saturated rings. The van der Waals surface area contributed by atoms with Gasteiger partial charge in [-0.15, -0.1) is 0 Å². The van der Waals surface area contributed by atoms with Crippen LogP contribution in [-0.4, -0.2) is 17.9 Å². The number of alkyl halides is 1. The summed E-state index contributed by atoms with van der Waals surface area (Å²) in [6, 6.07) is 0. The van der Waals surface area contributed by atoms with Gasteiger partial charge in [0.2, 0.25) is 0 Å². The van der Waals surface area contributed by atoms with Gasteiger partial charge in [-0.3, -0.25) is 4.79 Å². The number of carbonyl (C=O) groups excluding carboxylic acids is 1. The van der Waals surface area contributed by atoms with Crippen molar-refractivity contribution in [3.8, 4) is 0 Å². The van der Waals surface area contributed by atoms with Crippen LogP contribution >= 0.6 is 15.9 Å². The molecule has 0 spiro atoms. The number of halogens is 1. The minimum atomic E-state index is 0.0382. The summed E-state index contributed by atoms with van der Waals surface area (Å²) in [5.74, 6) is 0.618. The van der Waals surface area contributed by atoms with Crippen LogP contribution in [-0.2, 0) is 9.53 Å². The predicted molar refractivity (Wildman–Crippen MR) is 141 cm³/mol. The lowest BCUT2D eigenvalue weighted by Crippen LogP contribution is -2.14. The molecule has 0 aliphatic rings. The Kier molecular flexibility index (Phi) is 26.2. The van der Waals surface area contributed by atoms with Crippen molar-refractivity contribution in [2.75, 3.05) is 11.9 Å². The van der Waals surface area contributed by atoms with Crippen molar-refractivity contribution in [2.45, 2.75) is 155 Å². The fourth-order valence-electron chi connectivity index (χ4n) is 4.27. The number of unbranched alkanes of at least 4 members (excludes halogenated alkanes) is 16. The quantitative estimate of drug-likeness (QED) is 0.0704. The molecule has 1 unspecified atom stereocenters. The van der Waals surface area contributed by atoms with Gasteiger partial charge in [0, 0.05) is 11.8 Å². The van der Waals surface area contributed by atoms with E-state index in [2.05, 4.69) is 29.8 Å². The third kappa shape index (κ3) is 24.4. The van der Waals surface area contributed by atoms with Crippen LogP contribution in [0.1, 0.15) is 155 Å². The summed E-state index contributed by atoms with van der Waals surface area (Å²) < 4.78 is 5.70. The fraction of sp³-hybridized carbons (Fsp3) is 0.964. The lowest BCUT2D eigenvalue weighted by Gasteiger charge is -2.17. The smallest absolute Gasteiger partial charge is 0.305 e. The number of hydrogen-bond acceptors (Lipinski definition) is 2. The number of esters is 1. The van der Waals surface area contributed by atoms with E-state index in [0.717, 1.165) is 11.8 Å². The summed E-state index contributed by atoms with van der Waals surface area (Å²) in [6.07, 6.45) is 27.9. The van der Waals surface area contributed by atoms with Crippen molar-refractivity contribution in [1.82, 2.24) is 0 Å². The molecule has 0 saturated heterocycles. The maximum Gasteiger partial charge on any atom is 0.305 e. The molecule has 0 aliphatic carbocycles. The Labute approximate surface area is 204 Å². The van der Waals surface area contributed by atoms with E-state index in [1.165, 1.54) is 128 Å². The van der Waals surface area contributed by atoms with Crippen molar-refractivity contribution in [3.05, 3.63) is 0 Å². The van der Waals surface area contributed by atoms with Crippen LogP contribution in [0.15, 0.2) is 0 Å². The molecule has 0 radical (unpaired) electrons. The third-order valence-corrected chi connectivity index (χ3v) is 6.99. The highest BCUT2D eigenvalue weighted by Crippen LogP contribution is 2.20. The first kappa shape index (κ1) is 30.9. The molecule has 186 valence electrons. The molecule has 3 heteroatoms. The molecular weight excluding hydrogens is 448 g/mol. The van der Waals surface area contributed by atoms with Crippen molar-refractivity contribution >= 4 is 21.9 Å². The summed E-state index contributed by atoms with van der Waals surface area (Å²) in [5.41, 5.74) is 0. The molecule has 0 saturated carbocycles. The summed E-state index contributed by atoms with van der Waals surface area (Å²) in [4.78, 5) is 12.2. The highest BCUT2D eigenvalue weighted by molar-refractivity contribution is 9.09. The highest BCUT2D eigenvalue weighted by atomic mass is 79.9. The van der Waals surface area contributed by atoms with Gasteiger partial charge in [0.15, 0.2) is 0 Å². The normalized spacial score (nSPS) is 12.2. The minimum Gasteiger partial charge on any atom is -0.465 e. The lowest BCUT2D eigenvalue weighted by molar-refractivity contribution is -0.145. The van der Waals surface area contributed by atoms with Gasteiger partial charge in [0.25, 0.3) is 0 Å². The summed E-state index contributed by atoms with van der Waals surface area (Å²) >= 11 is 3.49. The van der Waals surface area contributed by atoms with Crippen molar-refractivity contribution < 1.29 is 9.53 Å². The van der Waals surface area contributed by atoms with E-state index < -0.39 is 0 Å². The summed E-state index contributed by atoms with van der Waals surface area (Å²) in [7, 11) is 0. The molecule has 0 N–H and O–H groups in total. The van der Waals surface area contributed by atoms with E-state index in [1.807, 2.05) is 0 Å². The van der Waals surface area contributed by atoms with Gasteiger partial charge in [-0.25, -0.2) is 0 Å². The Balaban J connectivity index is 3.79.